The van der Waals surface area contributed by atoms with Crippen molar-refractivity contribution in [2.24, 2.45) is 0 Å². The molecule has 0 atom stereocenters. The summed E-state index contributed by atoms with van der Waals surface area (Å²) in [7, 11) is 1.96. The molecule has 0 unspecified atom stereocenters. The predicted molar refractivity (Wildman–Crippen MR) is 75.3 cm³/mol. The SMILES string of the molecule is CN(CCO)Cc1ccc(-c2ccc(Br)cc2)o1. The van der Waals surface area contributed by atoms with Gasteiger partial charge in [-0.05, 0) is 31.3 Å². The molecule has 0 saturated heterocycles. The van der Waals surface area contributed by atoms with Crippen LogP contribution in [0.4, 0.5) is 0 Å². The Balaban J connectivity index is 2.08. The average Bonchev–Trinajstić information content (AvgIpc) is 2.78. The van der Waals surface area contributed by atoms with E-state index in [0.29, 0.717) is 13.1 Å². The van der Waals surface area contributed by atoms with E-state index in [-0.39, 0.29) is 6.61 Å². The van der Waals surface area contributed by atoms with Crippen molar-refractivity contribution in [3.63, 3.8) is 0 Å². The van der Waals surface area contributed by atoms with E-state index in [4.69, 9.17) is 9.52 Å². The van der Waals surface area contributed by atoms with Crippen molar-refractivity contribution >= 4 is 15.9 Å². The van der Waals surface area contributed by atoms with Crippen LogP contribution in [0.2, 0.25) is 0 Å². The zero-order chi connectivity index (χ0) is 13.0. The van der Waals surface area contributed by atoms with E-state index >= 15 is 0 Å². The lowest BCUT2D eigenvalue weighted by atomic mass is 10.2. The van der Waals surface area contributed by atoms with Crippen molar-refractivity contribution in [1.29, 1.82) is 0 Å². The summed E-state index contributed by atoms with van der Waals surface area (Å²) in [4.78, 5) is 2.02. The second-order valence-corrected chi connectivity index (χ2v) is 5.15. The summed E-state index contributed by atoms with van der Waals surface area (Å²) in [5, 5.41) is 8.85. The highest BCUT2D eigenvalue weighted by atomic mass is 79.9. The molecule has 0 saturated carbocycles. The fourth-order valence-electron chi connectivity index (χ4n) is 1.75. The summed E-state index contributed by atoms with van der Waals surface area (Å²) >= 11 is 3.41. The van der Waals surface area contributed by atoms with Gasteiger partial charge in [0.2, 0.25) is 0 Å². The van der Waals surface area contributed by atoms with Crippen LogP contribution in [0.1, 0.15) is 5.76 Å². The van der Waals surface area contributed by atoms with E-state index in [1.165, 1.54) is 0 Å². The Hall–Kier alpha value is -1.10. The van der Waals surface area contributed by atoms with Gasteiger partial charge in [-0.25, -0.2) is 0 Å². The Morgan fingerprint density at radius 2 is 1.89 bits per heavy atom. The molecule has 1 heterocycles. The largest absolute Gasteiger partial charge is 0.460 e. The summed E-state index contributed by atoms with van der Waals surface area (Å²) in [6.45, 7) is 1.52. The third kappa shape index (κ3) is 3.45. The number of halogens is 1. The van der Waals surface area contributed by atoms with Gasteiger partial charge >= 0.3 is 0 Å². The van der Waals surface area contributed by atoms with Crippen LogP contribution >= 0.6 is 15.9 Å². The lowest BCUT2D eigenvalue weighted by Gasteiger charge is -2.12. The van der Waals surface area contributed by atoms with Gasteiger partial charge in [-0.15, -0.1) is 0 Å². The third-order valence-corrected chi connectivity index (χ3v) is 3.23. The number of likely N-dealkylation sites (N-methyl/N-ethyl adjacent to an activating group) is 1. The molecule has 18 heavy (non-hydrogen) atoms. The predicted octanol–water partition coefficient (Wildman–Crippen LogP) is 3.13. The Morgan fingerprint density at radius 3 is 2.56 bits per heavy atom. The molecule has 1 aromatic heterocycles. The molecule has 0 spiro atoms. The van der Waals surface area contributed by atoms with Gasteiger partial charge in [-0.1, -0.05) is 28.1 Å². The standard InChI is InChI=1S/C14H16BrNO2/c1-16(8-9-17)10-13-6-7-14(18-13)11-2-4-12(15)5-3-11/h2-7,17H,8-10H2,1H3. The van der Waals surface area contributed by atoms with Crippen LogP contribution in [-0.2, 0) is 6.54 Å². The van der Waals surface area contributed by atoms with Crippen LogP contribution < -0.4 is 0 Å². The maximum absolute atomic E-state index is 8.85. The molecule has 2 aromatic rings. The fraction of sp³-hybridized carbons (Fsp3) is 0.286. The second-order valence-electron chi connectivity index (χ2n) is 4.23. The van der Waals surface area contributed by atoms with Gasteiger partial charge in [0.25, 0.3) is 0 Å². The molecule has 0 aliphatic carbocycles. The van der Waals surface area contributed by atoms with Gasteiger partial charge in [0.15, 0.2) is 0 Å². The molecule has 1 N–H and O–H groups in total. The molecule has 0 amide bonds. The molecule has 2 rings (SSSR count). The average molecular weight is 310 g/mol. The first-order chi connectivity index (χ1) is 8.69. The lowest BCUT2D eigenvalue weighted by Crippen LogP contribution is -2.21. The van der Waals surface area contributed by atoms with Crippen molar-refractivity contribution in [1.82, 2.24) is 4.90 Å². The van der Waals surface area contributed by atoms with E-state index in [9.17, 15) is 0 Å². The highest BCUT2D eigenvalue weighted by molar-refractivity contribution is 9.10. The minimum Gasteiger partial charge on any atom is -0.460 e. The highest BCUT2D eigenvalue weighted by Gasteiger charge is 2.06. The number of benzene rings is 1. The van der Waals surface area contributed by atoms with E-state index in [2.05, 4.69) is 15.9 Å². The van der Waals surface area contributed by atoms with Crippen molar-refractivity contribution in [3.05, 3.63) is 46.6 Å². The summed E-state index contributed by atoms with van der Waals surface area (Å²) < 4.78 is 6.84. The van der Waals surface area contributed by atoms with Crippen molar-refractivity contribution in [3.8, 4) is 11.3 Å². The number of aliphatic hydroxyl groups is 1. The van der Waals surface area contributed by atoms with Gasteiger partial charge in [0.05, 0.1) is 13.2 Å². The first-order valence-electron chi connectivity index (χ1n) is 5.83. The lowest BCUT2D eigenvalue weighted by molar-refractivity contribution is 0.209. The van der Waals surface area contributed by atoms with Crippen LogP contribution in [0, 0.1) is 0 Å². The molecule has 0 aliphatic rings. The maximum atomic E-state index is 8.85. The minimum atomic E-state index is 0.163. The molecule has 3 nitrogen and oxygen atoms in total. The van der Waals surface area contributed by atoms with Crippen LogP contribution in [0.3, 0.4) is 0 Å². The maximum Gasteiger partial charge on any atom is 0.134 e. The van der Waals surface area contributed by atoms with Gasteiger partial charge in [0.1, 0.15) is 11.5 Å². The van der Waals surface area contributed by atoms with Gasteiger partial charge < -0.3 is 9.52 Å². The molecule has 1 aromatic carbocycles. The number of hydrogen-bond acceptors (Lipinski definition) is 3. The molecule has 0 aliphatic heterocycles. The molecule has 0 bridgehead atoms. The van der Waals surface area contributed by atoms with Crippen LogP contribution in [0.15, 0.2) is 45.3 Å². The smallest absolute Gasteiger partial charge is 0.134 e. The quantitative estimate of drug-likeness (QED) is 0.922. The van der Waals surface area contributed by atoms with E-state index in [1.807, 2.05) is 48.3 Å². The minimum absolute atomic E-state index is 0.163. The van der Waals surface area contributed by atoms with E-state index in [0.717, 1.165) is 21.6 Å². The summed E-state index contributed by atoms with van der Waals surface area (Å²) in [6, 6.07) is 12.0. The van der Waals surface area contributed by atoms with E-state index in [1.54, 1.807) is 0 Å². The monoisotopic (exact) mass is 309 g/mol. The van der Waals surface area contributed by atoms with Gasteiger partial charge in [0, 0.05) is 16.6 Å². The zero-order valence-corrected chi connectivity index (χ0v) is 11.9. The first kappa shape index (κ1) is 13.3. The van der Waals surface area contributed by atoms with Crippen molar-refractivity contribution < 1.29 is 9.52 Å². The summed E-state index contributed by atoms with van der Waals surface area (Å²) in [5.41, 5.74) is 1.06. The molecule has 0 fully saturated rings. The zero-order valence-electron chi connectivity index (χ0n) is 10.3. The Morgan fingerprint density at radius 1 is 1.17 bits per heavy atom. The summed E-state index contributed by atoms with van der Waals surface area (Å²) in [6.07, 6.45) is 0. The van der Waals surface area contributed by atoms with Gasteiger partial charge in [-0.3, -0.25) is 4.90 Å². The number of aliphatic hydroxyl groups excluding tert-OH is 1. The van der Waals surface area contributed by atoms with Gasteiger partial charge in [-0.2, -0.15) is 0 Å². The Labute approximate surface area is 115 Å². The number of furan rings is 1. The molecule has 0 radical (unpaired) electrons. The van der Waals surface area contributed by atoms with Crippen molar-refractivity contribution in [2.75, 3.05) is 20.2 Å². The number of hydrogen-bond donors (Lipinski definition) is 1. The van der Waals surface area contributed by atoms with Crippen LogP contribution in [0.25, 0.3) is 11.3 Å². The molecule has 4 heteroatoms. The first-order valence-corrected chi connectivity index (χ1v) is 6.62. The Kier molecular flexibility index (Phi) is 4.58. The molecule has 96 valence electrons. The fourth-order valence-corrected chi connectivity index (χ4v) is 2.01. The van der Waals surface area contributed by atoms with E-state index < -0.39 is 0 Å². The van der Waals surface area contributed by atoms with Crippen LogP contribution in [-0.4, -0.2) is 30.2 Å². The topological polar surface area (TPSA) is 36.6 Å². The molecular formula is C14H16BrNO2. The summed E-state index contributed by atoms with van der Waals surface area (Å²) in [5.74, 6) is 1.78. The number of nitrogens with zero attached hydrogens (tertiary/aromatic N) is 1. The molecular weight excluding hydrogens is 294 g/mol. The van der Waals surface area contributed by atoms with Crippen molar-refractivity contribution in [2.45, 2.75) is 6.54 Å². The normalized spacial score (nSPS) is 11.1. The third-order valence-electron chi connectivity index (χ3n) is 2.70. The number of rotatable bonds is 5. The highest BCUT2D eigenvalue weighted by Crippen LogP contribution is 2.24. The van der Waals surface area contributed by atoms with Crippen LogP contribution in [0.5, 0.6) is 0 Å². The second kappa shape index (κ2) is 6.18. The Bertz CT molecular complexity index is 493.